The molecule has 3 aromatic rings. The SMILES string of the molecule is Nc1ncc(-c2cc(NC(=O)c3cccnc3)nc(N3CCOCC3)n2)cn1. The van der Waals surface area contributed by atoms with Gasteiger partial charge in [-0.2, -0.15) is 4.98 Å². The first kappa shape index (κ1) is 17.7. The number of aromatic nitrogens is 5. The number of carbonyl (C=O) groups is 1. The first-order valence-corrected chi connectivity index (χ1v) is 8.70. The zero-order valence-corrected chi connectivity index (χ0v) is 14.9. The fraction of sp³-hybridized carbons (Fsp3) is 0.222. The summed E-state index contributed by atoms with van der Waals surface area (Å²) in [6, 6.07) is 5.05. The maximum Gasteiger partial charge on any atom is 0.258 e. The third kappa shape index (κ3) is 4.01. The molecule has 4 heterocycles. The van der Waals surface area contributed by atoms with E-state index in [-0.39, 0.29) is 11.9 Å². The molecule has 0 spiro atoms. The van der Waals surface area contributed by atoms with Crippen molar-refractivity contribution < 1.29 is 9.53 Å². The fourth-order valence-corrected chi connectivity index (χ4v) is 2.71. The maximum absolute atomic E-state index is 12.5. The van der Waals surface area contributed by atoms with Gasteiger partial charge in [-0.05, 0) is 12.1 Å². The molecule has 0 bridgehead atoms. The Morgan fingerprint density at radius 3 is 2.64 bits per heavy atom. The average molecular weight is 378 g/mol. The van der Waals surface area contributed by atoms with E-state index in [1.807, 2.05) is 4.90 Å². The van der Waals surface area contributed by atoms with E-state index in [9.17, 15) is 4.79 Å². The van der Waals surface area contributed by atoms with E-state index in [1.54, 1.807) is 36.8 Å². The van der Waals surface area contributed by atoms with E-state index < -0.39 is 0 Å². The quantitative estimate of drug-likeness (QED) is 0.682. The van der Waals surface area contributed by atoms with Gasteiger partial charge in [-0.25, -0.2) is 15.0 Å². The minimum absolute atomic E-state index is 0.177. The molecule has 0 saturated carbocycles. The number of nitrogens with two attached hydrogens (primary N) is 1. The Morgan fingerprint density at radius 1 is 1.14 bits per heavy atom. The average Bonchev–Trinajstić information content (AvgIpc) is 2.75. The lowest BCUT2D eigenvalue weighted by molar-refractivity contribution is 0.102. The lowest BCUT2D eigenvalue weighted by Crippen LogP contribution is -2.37. The van der Waals surface area contributed by atoms with Crippen LogP contribution >= 0.6 is 0 Å². The second-order valence-electron chi connectivity index (χ2n) is 6.06. The highest BCUT2D eigenvalue weighted by atomic mass is 16.5. The van der Waals surface area contributed by atoms with Gasteiger partial charge in [0.25, 0.3) is 5.91 Å². The molecule has 0 unspecified atom stereocenters. The van der Waals surface area contributed by atoms with Gasteiger partial charge in [0.2, 0.25) is 11.9 Å². The molecule has 0 aromatic carbocycles. The highest BCUT2D eigenvalue weighted by Crippen LogP contribution is 2.23. The number of nitrogen functional groups attached to an aromatic ring is 1. The Hall–Kier alpha value is -3.66. The number of hydrogen-bond donors (Lipinski definition) is 2. The van der Waals surface area contributed by atoms with E-state index >= 15 is 0 Å². The lowest BCUT2D eigenvalue weighted by Gasteiger charge is -2.27. The molecule has 10 nitrogen and oxygen atoms in total. The monoisotopic (exact) mass is 378 g/mol. The number of ether oxygens (including phenoxy) is 1. The molecule has 0 radical (unpaired) electrons. The van der Waals surface area contributed by atoms with Gasteiger partial charge in [0, 0.05) is 49.5 Å². The fourth-order valence-electron chi connectivity index (χ4n) is 2.71. The van der Waals surface area contributed by atoms with Crippen LogP contribution in [-0.4, -0.2) is 57.1 Å². The van der Waals surface area contributed by atoms with Crippen LogP contribution in [0.25, 0.3) is 11.3 Å². The molecule has 3 N–H and O–H groups in total. The van der Waals surface area contributed by atoms with Gasteiger partial charge in [0.05, 0.1) is 24.5 Å². The summed E-state index contributed by atoms with van der Waals surface area (Å²) in [5.41, 5.74) is 7.26. The van der Waals surface area contributed by atoms with Crippen molar-refractivity contribution in [2.75, 3.05) is 42.3 Å². The van der Waals surface area contributed by atoms with Crippen molar-refractivity contribution in [1.29, 1.82) is 0 Å². The van der Waals surface area contributed by atoms with Crippen molar-refractivity contribution in [3.63, 3.8) is 0 Å². The molecular formula is C18H18N8O2. The van der Waals surface area contributed by atoms with E-state index in [2.05, 4.69) is 30.2 Å². The van der Waals surface area contributed by atoms with Crippen LogP contribution in [-0.2, 0) is 4.74 Å². The van der Waals surface area contributed by atoms with Gasteiger partial charge in [-0.3, -0.25) is 9.78 Å². The van der Waals surface area contributed by atoms with E-state index in [4.69, 9.17) is 10.5 Å². The molecule has 10 heteroatoms. The van der Waals surface area contributed by atoms with Gasteiger partial charge < -0.3 is 20.7 Å². The molecule has 0 aliphatic carbocycles. The number of rotatable bonds is 4. The standard InChI is InChI=1S/C18H18N8O2/c19-17-21-10-13(11-22-17)14-8-15(24-16(27)12-2-1-3-20-9-12)25-18(23-14)26-4-6-28-7-5-26/h1-3,8-11H,4-7H2,(H2,19,21,22)(H,23,24,25,27). The molecule has 3 aromatic heterocycles. The highest BCUT2D eigenvalue weighted by Gasteiger charge is 2.18. The number of nitrogens with zero attached hydrogens (tertiary/aromatic N) is 6. The molecule has 1 fully saturated rings. The van der Waals surface area contributed by atoms with Crippen molar-refractivity contribution in [2.24, 2.45) is 0 Å². The van der Waals surface area contributed by atoms with Crippen molar-refractivity contribution in [1.82, 2.24) is 24.9 Å². The molecule has 1 amide bonds. The minimum Gasteiger partial charge on any atom is -0.378 e. The summed E-state index contributed by atoms with van der Waals surface area (Å²) in [6.45, 7) is 2.52. The topological polar surface area (TPSA) is 132 Å². The largest absolute Gasteiger partial charge is 0.378 e. The molecule has 28 heavy (non-hydrogen) atoms. The summed E-state index contributed by atoms with van der Waals surface area (Å²) in [5.74, 6) is 0.742. The van der Waals surface area contributed by atoms with Gasteiger partial charge in [0.15, 0.2) is 0 Å². The molecule has 4 rings (SSSR count). The third-order valence-electron chi connectivity index (χ3n) is 4.14. The molecule has 1 aliphatic heterocycles. The predicted molar refractivity (Wildman–Crippen MR) is 103 cm³/mol. The Bertz CT molecular complexity index is 959. The second-order valence-corrected chi connectivity index (χ2v) is 6.06. The number of morpholine rings is 1. The van der Waals surface area contributed by atoms with Crippen molar-refractivity contribution >= 4 is 23.6 Å². The number of hydrogen-bond acceptors (Lipinski definition) is 9. The van der Waals surface area contributed by atoms with Crippen molar-refractivity contribution in [3.8, 4) is 11.3 Å². The van der Waals surface area contributed by atoms with Gasteiger partial charge in [-0.1, -0.05) is 0 Å². The number of nitrogens with one attached hydrogen (secondary N) is 1. The van der Waals surface area contributed by atoms with Crippen molar-refractivity contribution in [2.45, 2.75) is 0 Å². The summed E-state index contributed by atoms with van der Waals surface area (Å²) in [6.07, 6.45) is 6.27. The van der Waals surface area contributed by atoms with E-state index in [0.717, 1.165) is 0 Å². The van der Waals surface area contributed by atoms with Gasteiger partial charge >= 0.3 is 0 Å². The van der Waals surface area contributed by atoms with Crippen molar-refractivity contribution in [3.05, 3.63) is 48.5 Å². The Labute approximate surface area is 160 Å². The molecular weight excluding hydrogens is 360 g/mol. The zero-order valence-electron chi connectivity index (χ0n) is 14.9. The summed E-state index contributed by atoms with van der Waals surface area (Å²) in [5, 5.41) is 2.81. The Kier molecular flexibility index (Phi) is 5.02. The molecule has 1 aliphatic rings. The van der Waals surface area contributed by atoms with E-state index in [1.165, 1.54) is 6.20 Å². The summed E-state index contributed by atoms with van der Waals surface area (Å²) < 4.78 is 5.39. The van der Waals surface area contributed by atoms with Gasteiger partial charge in [0.1, 0.15) is 5.82 Å². The molecule has 1 saturated heterocycles. The highest BCUT2D eigenvalue weighted by molar-refractivity contribution is 6.03. The smallest absolute Gasteiger partial charge is 0.258 e. The van der Waals surface area contributed by atoms with Crippen LogP contribution in [0.15, 0.2) is 43.0 Å². The Balaban J connectivity index is 1.68. The molecule has 0 atom stereocenters. The van der Waals surface area contributed by atoms with Crippen LogP contribution in [0.3, 0.4) is 0 Å². The first-order chi connectivity index (χ1) is 13.7. The number of amides is 1. The second kappa shape index (κ2) is 7.92. The summed E-state index contributed by atoms with van der Waals surface area (Å²) >= 11 is 0. The van der Waals surface area contributed by atoms with Crippen LogP contribution in [0.4, 0.5) is 17.7 Å². The van der Waals surface area contributed by atoms with Crippen LogP contribution in [0.2, 0.25) is 0 Å². The zero-order chi connectivity index (χ0) is 19.3. The van der Waals surface area contributed by atoms with Crippen LogP contribution in [0.1, 0.15) is 10.4 Å². The maximum atomic E-state index is 12.5. The minimum atomic E-state index is -0.306. The summed E-state index contributed by atoms with van der Waals surface area (Å²) in [4.78, 5) is 35.6. The Morgan fingerprint density at radius 2 is 1.93 bits per heavy atom. The lowest BCUT2D eigenvalue weighted by atomic mass is 10.2. The third-order valence-corrected chi connectivity index (χ3v) is 4.14. The normalized spacial score (nSPS) is 13.9. The number of pyridine rings is 1. The van der Waals surface area contributed by atoms with E-state index in [0.29, 0.717) is 54.9 Å². The first-order valence-electron chi connectivity index (χ1n) is 8.70. The molecule has 142 valence electrons. The number of carbonyl (C=O) groups excluding carboxylic acids is 1. The van der Waals surface area contributed by atoms with Crippen LogP contribution < -0.4 is 16.0 Å². The van der Waals surface area contributed by atoms with Gasteiger partial charge in [-0.15, -0.1) is 0 Å². The number of anilines is 3. The van der Waals surface area contributed by atoms with Crippen LogP contribution in [0.5, 0.6) is 0 Å². The summed E-state index contributed by atoms with van der Waals surface area (Å²) in [7, 11) is 0. The van der Waals surface area contributed by atoms with Crippen LogP contribution in [0, 0.1) is 0 Å². The predicted octanol–water partition coefficient (Wildman–Crippen LogP) is 1.000.